The average molecular weight is 157 g/mol. The van der Waals surface area contributed by atoms with Crippen molar-refractivity contribution in [3.63, 3.8) is 0 Å². The lowest BCUT2D eigenvalue weighted by atomic mass is 10.3. The van der Waals surface area contributed by atoms with Crippen LogP contribution < -0.4 is 5.32 Å². The molecule has 0 aliphatic heterocycles. The maximum atomic E-state index is 10.3. The number of amides is 1. The fraction of sp³-hybridized carbons (Fsp3) is 0.429. The fourth-order valence-electron chi connectivity index (χ4n) is 0.516. The van der Waals surface area contributed by atoms with Crippen LogP contribution in [0.1, 0.15) is 13.3 Å². The Balaban J connectivity index is 3.27. The summed E-state index contributed by atoms with van der Waals surface area (Å²) in [4.78, 5) is 20.2. The Morgan fingerprint density at radius 3 is 2.64 bits per heavy atom. The molecule has 4 heteroatoms. The molecule has 1 amide bonds. The Kier molecular flexibility index (Phi) is 4.81. The molecule has 0 aliphatic carbocycles. The Bertz CT molecular complexity index is 175. The predicted molar refractivity (Wildman–Crippen MR) is 40.1 cm³/mol. The van der Waals surface area contributed by atoms with Crippen LogP contribution in [-0.4, -0.2) is 23.5 Å². The number of hydrogen-bond donors (Lipinski definition) is 2. The zero-order chi connectivity index (χ0) is 8.69. The van der Waals surface area contributed by atoms with E-state index in [1.807, 2.05) is 0 Å². The second kappa shape index (κ2) is 5.46. The van der Waals surface area contributed by atoms with Crippen LogP contribution in [0.5, 0.6) is 0 Å². The number of rotatable bonds is 4. The second-order valence-electron chi connectivity index (χ2n) is 2.01. The summed E-state index contributed by atoms with van der Waals surface area (Å²) in [6.45, 7) is 1.90. The van der Waals surface area contributed by atoms with Crippen molar-refractivity contribution in [2.45, 2.75) is 13.3 Å². The first-order valence-corrected chi connectivity index (χ1v) is 3.27. The number of carboxylic acids is 1. The molecule has 62 valence electrons. The lowest BCUT2D eigenvalue weighted by molar-refractivity contribution is -0.131. The number of hydrogen-bond acceptors (Lipinski definition) is 2. The van der Waals surface area contributed by atoms with E-state index in [0.717, 1.165) is 6.08 Å². The van der Waals surface area contributed by atoms with E-state index in [-0.39, 0.29) is 5.91 Å². The van der Waals surface area contributed by atoms with Gasteiger partial charge in [0.15, 0.2) is 0 Å². The van der Waals surface area contributed by atoms with Gasteiger partial charge >= 0.3 is 5.97 Å². The third kappa shape index (κ3) is 8.68. The van der Waals surface area contributed by atoms with Gasteiger partial charge in [-0.25, -0.2) is 4.79 Å². The Morgan fingerprint density at radius 2 is 2.18 bits per heavy atom. The molecule has 0 heterocycles. The van der Waals surface area contributed by atoms with Gasteiger partial charge in [-0.2, -0.15) is 0 Å². The van der Waals surface area contributed by atoms with Crippen molar-refractivity contribution in [3.05, 3.63) is 12.2 Å². The van der Waals surface area contributed by atoms with Crippen LogP contribution in [0.2, 0.25) is 0 Å². The minimum absolute atomic E-state index is 0.103. The third-order valence-corrected chi connectivity index (χ3v) is 0.945. The van der Waals surface area contributed by atoms with Gasteiger partial charge in [-0.1, -0.05) is 6.08 Å². The van der Waals surface area contributed by atoms with Crippen molar-refractivity contribution >= 4 is 11.9 Å². The highest BCUT2D eigenvalue weighted by atomic mass is 16.4. The first-order valence-electron chi connectivity index (χ1n) is 3.27. The number of carboxylic acid groups (broad SMARTS) is 1. The molecule has 0 atom stereocenters. The molecule has 2 N–H and O–H groups in total. The minimum atomic E-state index is -0.965. The van der Waals surface area contributed by atoms with Crippen molar-refractivity contribution in [1.82, 2.24) is 5.32 Å². The van der Waals surface area contributed by atoms with Crippen molar-refractivity contribution in [2.24, 2.45) is 0 Å². The highest BCUT2D eigenvalue weighted by Crippen LogP contribution is 1.80. The summed E-state index contributed by atoms with van der Waals surface area (Å²) < 4.78 is 0. The van der Waals surface area contributed by atoms with Crippen molar-refractivity contribution in [3.8, 4) is 0 Å². The fourth-order valence-corrected chi connectivity index (χ4v) is 0.516. The van der Waals surface area contributed by atoms with Crippen LogP contribution >= 0.6 is 0 Å². The van der Waals surface area contributed by atoms with Gasteiger partial charge in [-0.3, -0.25) is 4.79 Å². The largest absolute Gasteiger partial charge is 0.478 e. The maximum Gasteiger partial charge on any atom is 0.327 e. The molecule has 0 rings (SSSR count). The topological polar surface area (TPSA) is 66.4 Å². The standard InChI is InChI=1S/C7H11NO3/c1-6(9)8-5-3-2-4-7(10)11/h2,4H,3,5H2,1H3,(H,8,9)(H,10,11)/b4-2+. The zero-order valence-corrected chi connectivity index (χ0v) is 6.33. The minimum Gasteiger partial charge on any atom is -0.478 e. The Morgan fingerprint density at radius 1 is 1.55 bits per heavy atom. The van der Waals surface area contributed by atoms with E-state index in [1.165, 1.54) is 13.0 Å². The lowest BCUT2D eigenvalue weighted by Gasteiger charge is -1.95. The van der Waals surface area contributed by atoms with Gasteiger partial charge in [0.05, 0.1) is 0 Å². The first-order chi connectivity index (χ1) is 5.13. The summed E-state index contributed by atoms with van der Waals surface area (Å²) in [5.74, 6) is -1.07. The molecule has 0 saturated heterocycles. The first kappa shape index (κ1) is 9.68. The quantitative estimate of drug-likeness (QED) is 0.451. The van der Waals surface area contributed by atoms with E-state index < -0.39 is 5.97 Å². The molecule has 0 aromatic heterocycles. The van der Waals surface area contributed by atoms with Crippen molar-refractivity contribution < 1.29 is 14.7 Å². The maximum absolute atomic E-state index is 10.3. The average Bonchev–Trinajstić information content (AvgIpc) is 1.85. The van der Waals surface area contributed by atoms with Gasteiger partial charge in [0.2, 0.25) is 5.91 Å². The summed E-state index contributed by atoms with van der Waals surface area (Å²) in [6.07, 6.45) is 3.10. The summed E-state index contributed by atoms with van der Waals surface area (Å²) in [5, 5.41) is 10.7. The molecule has 0 saturated carbocycles. The van der Waals surface area contributed by atoms with E-state index in [0.29, 0.717) is 13.0 Å². The molecular weight excluding hydrogens is 146 g/mol. The molecule has 0 aromatic carbocycles. The molecule has 4 nitrogen and oxygen atoms in total. The highest BCUT2D eigenvalue weighted by molar-refractivity contribution is 5.79. The molecular formula is C7H11NO3. The van der Waals surface area contributed by atoms with Gasteiger partial charge < -0.3 is 10.4 Å². The molecule has 11 heavy (non-hydrogen) atoms. The van der Waals surface area contributed by atoms with Crippen LogP contribution in [0.25, 0.3) is 0 Å². The molecule has 0 fully saturated rings. The summed E-state index contributed by atoms with van der Waals surface area (Å²) in [6, 6.07) is 0. The molecule has 0 radical (unpaired) electrons. The van der Waals surface area contributed by atoms with E-state index in [2.05, 4.69) is 5.32 Å². The lowest BCUT2D eigenvalue weighted by Crippen LogP contribution is -2.20. The third-order valence-electron chi connectivity index (χ3n) is 0.945. The van der Waals surface area contributed by atoms with Gasteiger partial charge in [0, 0.05) is 19.5 Å². The van der Waals surface area contributed by atoms with E-state index in [9.17, 15) is 9.59 Å². The SMILES string of the molecule is CC(=O)NCC/C=C/C(=O)O. The Hall–Kier alpha value is -1.32. The number of aliphatic carboxylic acids is 1. The highest BCUT2D eigenvalue weighted by Gasteiger charge is 1.87. The van der Waals surface area contributed by atoms with Gasteiger partial charge in [-0.05, 0) is 6.42 Å². The van der Waals surface area contributed by atoms with Crippen LogP contribution in [-0.2, 0) is 9.59 Å². The molecule has 0 spiro atoms. The van der Waals surface area contributed by atoms with Crippen LogP contribution in [0.4, 0.5) is 0 Å². The van der Waals surface area contributed by atoms with Crippen LogP contribution in [0, 0.1) is 0 Å². The van der Waals surface area contributed by atoms with Gasteiger partial charge in [-0.15, -0.1) is 0 Å². The molecule has 0 unspecified atom stereocenters. The van der Waals surface area contributed by atoms with Crippen molar-refractivity contribution in [2.75, 3.05) is 6.54 Å². The summed E-state index contributed by atoms with van der Waals surface area (Å²) in [5.41, 5.74) is 0. The summed E-state index contributed by atoms with van der Waals surface area (Å²) >= 11 is 0. The zero-order valence-electron chi connectivity index (χ0n) is 6.33. The second-order valence-corrected chi connectivity index (χ2v) is 2.01. The monoisotopic (exact) mass is 157 g/mol. The van der Waals surface area contributed by atoms with E-state index in [1.54, 1.807) is 0 Å². The predicted octanol–water partition coefficient (Wildman–Crippen LogP) is 0.153. The van der Waals surface area contributed by atoms with E-state index in [4.69, 9.17) is 5.11 Å². The number of carbonyl (C=O) groups is 2. The number of carbonyl (C=O) groups excluding carboxylic acids is 1. The Labute approximate surface area is 64.9 Å². The van der Waals surface area contributed by atoms with Gasteiger partial charge in [0.1, 0.15) is 0 Å². The molecule has 0 aromatic rings. The van der Waals surface area contributed by atoms with Gasteiger partial charge in [0.25, 0.3) is 0 Å². The normalized spacial score (nSPS) is 9.91. The van der Waals surface area contributed by atoms with Crippen LogP contribution in [0.15, 0.2) is 12.2 Å². The van der Waals surface area contributed by atoms with E-state index >= 15 is 0 Å². The summed E-state index contributed by atoms with van der Waals surface area (Å²) in [7, 11) is 0. The molecule has 0 aliphatic rings. The van der Waals surface area contributed by atoms with Crippen LogP contribution in [0.3, 0.4) is 0 Å². The van der Waals surface area contributed by atoms with Crippen molar-refractivity contribution in [1.29, 1.82) is 0 Å². The number of nitrogens with one attached hydrogen (secondary N) is 1. The molecule has 0 bridgehead atoms. The smallest absolute Gasteiger partial charge is 0.327 e.